The van der Waals surface area contributed by atoms with E-state index in [1.807, 2.05) is 0 Å². The number of nitrogens with zero attached hydrogens (tertiary/aromatic N) is 2. The van der Waals surface area contributed by atoms with Gasteiger partial charge in [-0.15, -0.1) is 0 Å². The highest BCUT2D eigenvalue weighted by Crippen LogP contribution is 2.42. The topological polar surface area (TPSA) is 6.48 Å². The van der Waals surface area contributed by atoms with Gasteiger partial charge in [0.25, 0.3) is 0 Å². The first-order chi connectivity index (χ1) is 7.40. The van der Waals surface area contributed by atoms with Gasteiger partial charge in [0, 0.05) is 25.2 Å². The van der Waals surface area contributed by atoms with Crippen molar-refractivity contribution >= 4 is 0 Å². The maximum absolute atomic E-state index is 2.91. The van der Waals surface area contributed by atoms with E-state index in [2.05, 4.69) is 9.80 Å². The zero-order chi connectivity index (χ0) is 9.83. The fourth-order valence-corrected chi connectivity index (χ4v) is 4.68. The van der Waals surface area contributed by atoms with Crippen LogP contribution in [0.25, 0.3) is 0 Å². The predicted molar refractivity (Wildman–Crippen MR) is 60.8 cm³/mol. The zero-order valence-electron chi connectivity index (χ0n) is 9.57. The summed E-state index contributed by atoms with van der Waals surface area (Å²) >= 11 is 0. The minimum absolute atomic E-state index is 0.947. The van der Waals surface area contributed by atoms with Crippen molar-refractivity contribution in [3.8, 4) is 0 Å². The van der Waals surface area contributed by atoms with Crippen LogP contribution in [-0.2, 0) is 0 Å². The van der Waals surface area contributed by atoms with E-state index >= 15 is 0 Å². The lowest BCUT2D eigenvalue weighted by Gasteiger charge is -2.50. The van der Waals surface area contributed by atoms with Gasteiger partial charge in [-0.2, -0.15) is 0 Å². The van der Waals surface area contributed by atoms with Gasteiger partial charge in [0.05, 0.1) is 0 Å². The molecular weight excluding hydrogens is 184 g/mol. The molecule has 3 unspecified atom stereocenters. The molecule has 2 nitrogen and oxygen atoms in total. The highest BCUT2D eigenvalue weighted by atomic mass is 15.3. The van der Waals surface area contributed by atoms with Crippen LogP contribution in [0.1, 0.15) is 32.1 Å². The Kier molecular flexibility index (Phi) is 1.92. The Morgan fingerprint density at radius 3 is 2.27 bits per heavy atom. The molecule has 2 heteroatoms. The van der Waals surface area contributed by atoms with Gasteiger partial charge >= 0.3 is 0 Å². The van der Waals surface area contributed by atoms with Gasteiger partial charge < -0.3 is 4.90 Å². The molecule has 0 aromatic rings. The fraction of sp³-hybridized carbons (Fsp3) is 1.00. The quantitative estimate of drug-likeness (QED) is 0.642. The van der Waals surface area contributed by atoms with Crippen LogP contribution in [0.4, 0.5) is 0 Å². The van der Waals surface area contributed by atoms with Crippen molar-refractivity contribution in [3.05, 3.63) is 0 Å². The maximum atomic E-state index is 2.91. The van der Waals surface area contributed by atoms with E-state index in [9.17, 15) is 0 Å². The summed E-state index contributed by atoms with van der Waals surface area (Å²) in [6.45, 7) is 5.62. The summed E-state index contributed by atoms with van der Waals surface area (Å²) in [5, 5.41) is 0. The van der Waals surface area contributed by atoms with Gasteiger partial charge in [-0.3, -0.25) is 4.90 Å². The number of fused-ring (bicyclic) bond motifs is 5. The van der Waals surface area contributed by atoms with Crippen LogP contribution in [-0.4, -0.2) is 48.1 Å². The molecule has 1 aliphatic carbocycles. The Bertz CT molecular complexity index is 257. The second-order valence-electron chi connectivity index (χ2n) is 6.24. The molecule has 0 spiro atoms. The van der Waals surface area contributed by atoms with E-state index in [4.69, 9.17) is 0 Å². The van der Waals surface area contributed by atoms with Gasteiger partial charge in [0.15, 0.2) is 0 Å². The van der Waals surface area contributed by atoms with Crippen LogP contribution < -0.4 is 0 Å². The Hall–Kier alpha value is -0.0800. The van der Waals surface area contributed by atoms with Crippen LogP contribution >= 0.6 is 0 Å². The monoisotopic (exact) mass is 206 g/mol. The van der Waals surface area contributed by atoms with E-state index in [1.165, 1.54) is 58.3 Å². The molecule has 1 saturated carbocycles. The van der Waals surface area contributed by atoms with Gasteiger partial charge in [-0.25, -0.2) is 0 Å². The third kappa shape index (κ3) is 1.31. The Labute approximate surface area is 92.6 Å². The first kappa shape index (κ1) is 9.00. The Morgan fingerprint density at radius 2 is 1.73 bits per heavy atom. The summed E-state index contributed by atoms with van der Waals surface area (Å²) < 4.78 is 0. The largest absolute Gasteiger partial charge is 0.302 e. The molecular formula is C13H22N2. The number of hydrogen-bond acceptors (Lipinski definition) is 2. The van der Waals surface area contributed by atoms with Crippen molar-refractivity contribution in [2.75, 3.05) is 26.2 Å². The average Bonchev–Trinajstić information content (AvgIpc) is 2.92. The third-order valence-electron chi connectivity index (χ3n) is 5.50. The van der Waals surface area contributed by atoms with Gasteiger partial charge in [-0.1, -0.05) is 0 Å². The average molecular weight is 206 g/mol. The molecule has 3 atom stereocenters. The second kappa shape index (κ2) is 3.21. The minimum atomic E-state index is 0.947. The van der Waals surface area contributed by atoms with Crippen molar-refractivity contribution in [2.24, 2.45) is 11.8 Å². The molecule has 4 saturated heterocycles. The SMILES string of the molecule is C1CC2CC1CN2C1CN2CCC1CC2. The molecule has 4 bridgehead atoms. The van der Waals surface area contributed by atoms with Crippen LogP contribution in [0, 0.1) is 11.8 Å². The van der Waals surface area contributed by atoms with Crippen molar-refractivity contribution < 1.29 is 0 Å². The number of rotatable bonds is 1. The smallest absolute Gasteiger partial charge is 0.0255 e. The number of piperidine rings is 4. The molecule has 0 aromatic carbocycles. The molecule has 4 heterocycles. The molecule has 15 heavy (non-hydrogen) atoms. The van der Waals surface area contributed by atoms with Gasteiger partial charge in [0.1, 0.15) is 0 Å². The van der Waals surface area contributed by atoms with E-state index in [0.29, 0.717) is 0 Å². The maximum Gasteiger partial charge on any atom is 0.0255 e. The zero-order valence-corrected chi connectivity index (χ0v) is 9.57. The van der Waals surface area contributed by atoms with E-state index in [1.54, 1.807) is 0 Å². The van der Waals surface area contributed by atoms with Crippen molar-refractivity contribution in [1.29, 1.82) is 0 Å². The predicted octanol–water partition coefficient (Wildman–Crippen LogP) is 1.56. The molecule has 5 rings (SSSR count). The highest BCUT2D eigenvalue weighted by molar-refractivity contribution is 5.00. The summed E-state index contributed by atoms with van der Waals surface area (Å²) in [5.74, 6) is 2.12. The molecule has 5 fully saturated rings. The van der Waals surface area contributed by atoms with Crippen LogP contribution in [0.15, 0.2) is 0 Å². The minimum Gasteiger partial charge on any atom is -0.302 e. The summed E-state index contributed by atoms with van der Waals surface area (Å²) in [7, 11) is 0. The summed E-state index contributed by atoms with van der Waals surface area (Å²) in [5.41, 5.74) is 0. The first-order valence-corrected chi connectivity index (χ1v) is 6.88. The summed E-state index contributed by atoms with van der Waals surface area (Å²) in [4.78, 5) is 5.61. The number of likely N-dealkylation sites (tertiary alicyclic amines) is 1. The van der Waals surface area contributed by atoms with Gasteiger partial charge in [-0.05, 0) is 57.0 Å². The lowest BCUT2D eigenvalue weighted by Crippen LogP contribution is -2.58. The summed E-state index contributed by atoms with van der Waals surface area (Å²) in [6, 6.07) is 1.93. The van der Waals surface area contributed by atoms with E-state index < -0.39 is 0 Å². The Morgan fingerprint density at radius 1 is 0.867 bits per heavy atom. The second-order valence-corrected chi connectivity index (χ2v) is 6.24. The van der Waals surface area contributed by atoms with Crippen LogP contribution in [0.2, 0.25) is 0 Å². The van der Waals surface area contributed by atoms with Gasteiger partial charge in [0.2, 0.25) is 0 Å². The van der Waals surface area contributed by atoms with E-state index in [0.717, 1.165) is 23.9 Å². The van der Waals surface area contributed by atoms with Crippen LogP contribution in [0.5, 0.6) is 0 Å². The van der Waals surface area contributed by atoms with Crippen LogP contribution in [0.3, 0.4) is 0 Å². The highest BCUT2D eigenvalue weighted by Gasteiger charge is 2.45. The first-order valence-electron chi connectivity index (χ1n) is 6.88. The standard InChI is InChI=1S/C13H22N2/c1-2-12-7-10(1)8-15(12)13-9-14-5-3-11(13)4-6-14/h10-13H,1-9H2. The molecule has 84 valence electrons. The number of hydrogen-bond donors (Lipinski definition) is 0. The lowest BCUT2D eigenvalue weighted by atomic mass is 9.82. The van der Waals surface area contributed by atoms with E-state index in [-0.39, 0.29) is 0 Å². The molecule has 5 aliphatic rings. The molecule has 0 aromatic heterocycles. The van der Waals surface area contributed by atoms with Crippen molar-refractivity contribution in [1.82, 2.24) is 9.80 Å². The lowest BCUT2D eigenvalue weighted by molar-refractivity contribution is -0.00798. The third-order valence-corrected chi connectivity index (χ3v) is 5.50. The molecule has 0 radical (unpaired) electrons. The Balaban J connectivity index is 1.53. The summed E-state index contributed by atoms with van der Waals surface area (Å²) in [6.07, 6.45) is 7.54. The molecule has 4 aliphatic heterocycles. The molecule has 0 amide bonds. The normalized spacial score (nSPS) is 54.0. The molecule has 0 N–H and O–H groups in total. The fourth-order valence-electron chi connectivity index (χ4n) is 4.68. The van der Waals surface area contributed by atoms with Crippen molar-refractivity contribution in [3.63, 3.8) is 0 Å². The van der Waals surface area contributed by atoms with Crippen molar-refractivity contribution in [2.45, 2.75) is 44.2 Å².